The Hall–Kier alpha value is -2.47. The van der Waals surface area contributed by atoms with Crippen molar-refractivity contribution in [3.63, 3.8) is 0 Å². The minimum absolute atomic E-state index is 0.136. The van der Waals surface area contributed by atoms with E-state index in [2.05, 4.69) is 71.1 Å². The maximum atomic E-state index is 12.8. The number of fused-ring (bicyclic) bond motifs is 3. The number of benzene rings is 3. The van der Waals surface area contributed by atoms with Crippen LogP contribution in [0.3, 0.4) is 0 Å². The van der Waals surface area contributed by atoms with Gasteiger partial charge in [0.2, 0.25) is 5.91 Å². The van der Waals surface area contributed by atoms with E-state index in [0.29, 0.717) is 6.42 Å². The largest absolute Gasteiger partial charge is 0.274 e. The fraction of sp³-hybridized carbons (Fsp3) is 0.130. The molecule has 132 valence electrons. The van der Waals surface area contributed by atoms with Crippen molar-refractivity contribution in [2.45, 2.75) is 18.8 Å². The third kappa shape index (κ3) is 2.98. The lowest BCUT2D eigenvalue weighted by Crippen LogP contribution is -2.25. The number of nitrogens with zero attached hydrogens (tertiary/aromatic N) is 2. The van der Waals surface area contributed by atoms with Gasteiger partial charge in [0.25, 0.3) is 0 Å². The van der Waals surface area contributed by atoms with Crippen LogP contribution in [-0.2, 0) is 6.42 Å². The molecule has 0 spiro atoms. The van der Waals surface area contributed by atoms with Crippen LogP contribution in [0.15, 0.2) is 72.8 Å². The maximum Gasteiger partial charge on any atom is 0.233 e. The summed E-state index contributed by atoms with van der Waals surface area (Å²) in [5.41, 5.74) is 5.44. The molecule has 5 rings (SSSR count). The zero-order chi connectivity index (χ0) is 18.4. The quantitative estimate of drug-likeness (QED) is 0.358. The van der Waals surface area contributed by atoms with Gasteiger partial charge in [-0.2, -0.15) is 0 Å². The van der Waals surface area contributed by atoms with Gasteiger partial charge in [-0.05, 0) is 63.4 Å². The molecule has 1 aromatic heterocycles. The van der Waals surface area contributed by atoms with Crippen molar-refractivity contribution in [2.75, 3.05) is 0 Å². The third-order valence-electron chi connectivity index (χ3n) is 5.27. The highest BCUT2D eigenvalue weighted by Gasteiger charge is 2.29. The van der Waals surface area contributed by atoms with Gasteiger partial charge in [-0.25, -0.2) is 4.98 Å². The lowest BCUT2D eigenvalue weighted by molar-refractivity contribution is 0.0877. The van der Waals surface area contributed by atoms with E-state index in [1.54, 1.807) is 4.57 Å². The second-order valence-corrected chi connectivity index (χ2v) is 8.23. The highest BCUT2D eigenvalue weighted by atomic mass is 127. The molecule has 0 N–H and O–H groups in total. The monoisotopic (exact) mass is 464 g/mol. The number of carbonyl (C=O) groups excluding carboxylic acids is 1. The molecule has 0 radical (unpaired) electrons. The minimum atomic E-state index is 0.136. The number of halogens is 1. The van der Waals surface area contributed by atoms with Crippen LogP contribution in [0.5, 0.6) is 0 Å². The second-order valence-electron chi connectivity index (χ2n) is 6.98. The fourth-order valence-corrected chi connectivity index (χ4v) is 4.40. The molecule has 27 heavy (non-hydrogen) atoms. The molecule has 1 atom stereocenters. The highest BCUT2D eigenvalue weighted by Crippen LogP contribution is 2.33. The van der Waals surface area contributed by atoms with E-state index in [4.69, 9.17) is 4.98 Å². The highest BCUT2D eigenvalue weighted by molar-refractivity contribution is 14.1. The van der Waals surface area contributed by atoms with Crippen LogP contribution in [-0.4, -0.2) is 15.5 Å². The third-order valence-corrected chi connectivity index (χ3v) is 5.95. The summed E-state index contributed by atoms with van der Waals surface area (Å²) >= 11 is 2.28. The first-order chi connectivity index (χ1) is 13.2. The summed E-state index contributed by atoms with van der Waals surface area (Å²) in [5, 5.41) is 0. The summed E-state index contributed by atoms with van der Waals surface area (Å²) in [6, 6.07) is 25.0. The number of rotatable bonds is 2. The Labute approximate surface area is 171 Å². The number of carbonyl (C=O) groups is 1. The van der Waals surface area contributed by atoms with E-state index >= 15 is 0 Å². The van der Waals surface area contributed by atoms with Gasteiger partial charge in [0, 0.05) is 16.4 Å². The van der Waals surface area contributed by atoms with E-state index in [9.17, 15) is 4.79 Å². The first-order valence-electron chi connectivity index (χ1n) is 9.04. The van der Waals surface area contributed by atoms with Gasteiger partial charge >= 0.3 is 0 Å². The molecule has 0 amide bonds. The van der Waals surface area contributed by atoms with Crippen molar-refractivity contribution in [3.05, 3.63) is 87.8 Å². The van der Waals surface area contributed by atoms with E-state index < -0.39 is 0 Å². The SMILES string of the molecule is O=C1CC(c2ccc(-c3ccccc3)cc2)Cc2nc3cc(I)ccc3n21. The molecule has 0 saturated heterocycles. The molecule has 4 aromatic rings. The van der Waals surface area contributed by atoms with E-state index in [0.717, 1.165) is 26.8 Å². The van der Waals surface area contributed by atoms with Crippen molar-refractivity contribution in [1.29, 1.82) is 0 Å². The van der Waals surface area contributed by atoms with Crippen molar-refractivity contribution >= 4 is 39.5 Å². The molecule has 3 nitrogen and oxygen atoms in total. The fourth-order valence-electron chi connectivity index (χ4n) is 3.93. The summed E-state index contributed by atoms with van der Waals surface area (Å²) < 4.78 is 2.94. The standard InChI is InChI=1S/C23H17IN2O/c24-19-10-11-21-20(14-19)25-22-12-18(13-23(27)26(21)22)17-8-6-16(7-9-17)15-4-2-1-3-5-15/h1-11,14,18H,12-13H2. The van der Waals surface area contributed by atoms with Gasteiger partial charge < -0.3 is 0 Å². The lowest BCUT2D eigenvalue weighted by atomic mass is 9.88. The van der Waals surface area contributed by atoms with Crippen LogP contribution in [0.1, 0.15) is 28.5 Å². The predicted molar refractivity (Wildman–Crippen MR) is 116 cm³/mol. The minimum Gasteiger partial charge on any atom is -0.274 e. The van der Waals surface area contributed by atoms with Gasteiger partial charge in [0.1, 0.15) is 5.82 Å². The molecule has 0 bridgehead atoms. The van der Waals surface area contributed by atoms with Crippen molar-refractivity contribution in [1.82, 2.24) is 9.55 Å². The summed E-state index contributed by atoms with van der Waals surface area (Å²) in [5.74, 6) is 1.20. The Bertz CT molecular complexity index is 1150. The first kappa shape index (κ1) is 16.7. The van der Waals surface area contributed by atoms with Crippen molar-refractivity contribution in [2.24, 2.45) is 0 Å². The molecule has 4 heteroatoms. The molecule has 1 aliphatic rings. The van der Waals surface area contributed by atoms with Gasteiger partial charge in [-0.3, -0.25) is 9.36 Å². The van der Waals surface area contributed by atoms with Gasteiger partial charge in [0.05, 0.1) is 11.0 Å². The second kappa shape index (κ2) is 6.60. The summed E-state index contributed by atoms with van der Waals surface area (Å²) in [7, 11) is 0. The molecule has 0 aliphatic carbocycles. The summed E-state index contributed by atoms with van der Waals surface area (Å²) in [6.45, 7) is 0. The zero-order valence-corrected chi connectivity index (χ0v) is 16.8. The average molecular weight is 464 g/mol. The molecule has 1 unspecified atom stereocenters. The number of imidazole rings is 1. The van der Waals surface area contributed by atoms with Gasteiger partial charge in [0.15, 0.2) is 0 Å². The molecular weight excluding hydrogens is 447 g/mol. The smallest absolute Gasteiger partial charge is 0.233 e. The van der Waals surface area contributed by atoms with Crippen LogP contribution in [0, 0.1) is 3.57 Å². The number of hydrogen-bond donors (Lipinski definition) is 0. The van der Waals surface area contributed by atoms with Crippen molar-refractivity contribution < 1.29 is 4.79 Å². The Morgan fingerprint density at radius 1 is 0.889 bits per heavy atom. The number of hydrogen-bond acceptors (Lipinski definition) is 2. The molecule has 2 heterocycles. The van der Waals surface area contributed by atoms with Crippen LogP contribution < -0.4 is 0 Å². The van der Waals surface area contributed by atoms with Crippen LogP contribution in [0.4, 0.5) is 0 Å². The molecule has 1 aliphatic heterocycles. The Morgan fingerprint density at radius 2 is 1.63 bits per heavy atom. The zero-order valence-electron chi connectivity index (χ0n) is 14.6. The van der Waals surface area contributed by atoms with Gasteiger partial charge in [-0.15, -0.1) is 0 Å². The van der Waals surface area contributed by atoms with Crippen LogP contribution >= 0.6 is 22.6 Å². The normalized spacial score (nSPS) is 16.5. The lowest BCUT2D eigenvalue weighted by Gasteiger charge is -2.23. The van der Waals surface area contributed by atoms with E-state index in [1.165, 1.54) is 16.7 Å². The van der Waals surface area contributed by atoms with E-state index in [1.807, 2.05) is 24.3 Å². The van der Waals surface area contributed by atoms with Crippen LogP contribution in [0.25, 0.3) is 22.2 Å². The molecule has 3 aromatic carbocycles. The number of aromatic nitrogens is 2. The molecule has 0 saturated carbocycles. The van der Waals surface area contributed by atoms with Gasteiger partial charge in [-0.1, -0.05) is 54.6 Å². The van der Waals surface area contributed by atoms with Crippen molar-refractivity contribution in [3.8, 4) is 11.1 Å². The van der Waals surface area contributed by atoms with E-state index in [-0.39, 0.29) is 11.8 Å². The van der Waals surface area contributed by atoms with Crippen LogP contribution in [0.2, 0.25) is 0 Å². The topological polar surface area (TPSA) is 34.9 Å². The molecular formula is C23H17IN2O. The first-order valence-corrected chi connectivity index (χ1v) is 10.1. The predicted octanol–water partition coefficient (Wildman–Crippen LogP) is 5.68. The molecule has 0 fully saturated rings. The summed E-state index contributed by atoms with van der Waals surface area (Å²) in [6.07, 6.45) is 1.32. The Balaban J connectivity index is 1.47. The Morgan fingerprint density at radius 3 is 2.41 bits per heavy atom. The maximum absolute atomic E-state index is 12.8. The average Bonchev–Trinajstić information content (AvgIpc) is 3.06. The summed E-state index contributed by atoms with van der Waals surface area (Å²) in [4.78, 5) is 17.6. The Kier molecular flexibility index (Phi) is 4.08.